The van der Waals surface area contributed by atoms with Gasteiger partial charge in [-0.1, -0.05) is 0 Å². The van der Waals surface area contributed by atoms with Crippen molar-refractivity contribution in [3.63, 3.8) is 0 Å². The average molecular weight is 143 g/mol. The van der Waals surface area contributed by atoms with Crippen LogP contribution in [0.15, 0.2) is 0 Å². The van der Waals surface area contributed by atoms with Gasteiger partial charge in [-0.15, -0.1) is 0 Å². The monoisotopic (exact) mass is 144 g/mol. The van der Waals surface area contributed by atoms with E-state index in [1.165, 1.54) is 0 Å². The first kappa shape index (κ1) is 8.84. The molecule has 0 bridgehead atoms. The molecule has 2 N–H and O–H groups in total. The molecule has 0 amide bonds. The van der Waals surface area contributed by atoms with Gasteiger partial charge in [-0.25, -0.2) is 4.79 Å². The van der Waals surface area contributed by atoms with Gasteiger partial charge in [0.15, 0.2) is 0 Å². The quantitative estimate of drug-likeness (QED) is 0.441. The Bertz CT molecular complexity index is 29.9. The van der Waals surface area contributed by atoms with E-state index in [1.807, 2.05) is 0 Å². The zero-order valence-electron chi connectivity index (χ0n) is 2.30. The Kier molecular flexibility index (Phi) is 6.70. The number of carbonyl (C=O) groups is 1. The van der Waals surface area contributed by atoms with Crippen LogP contribution in [0, 0.1) is 0 Å². The standard InChI is InChI=1S/CH2O3.H2Se/c2-1(3)4;/h(H2,2,3,4);1H2. The van der Waals surface area contributed by atoms with Crippen molar-refractivity contribution in [3.8, 4) is 0 Å². The Morgan fingerprint density at radius 3 is 1.40 bits per heavy atom. The van der Waals surface area contributed by atoms with Crippen molar-refractivity contribution in [2.45, 2.75) is 0 Å². The molecular formula is CH4O3Se. The van der Waals surface area contributed by atoms with Crippen LogP contribution in [0.25, 0.3) is 0 Å². The van der Waals surface area contributed by atoms with Crippen LogP contribution >= 0.6 is 0 Å². The molecule has 0 aromatic heterocycles. The molecule has 0 aliphatic heterocycles. The summed E-state index contributed by atoms with van der Waals surface area (Å²) in [4.78, 5) is 8.56. The second-order valence-corrected chi connectivity index (χ2v) is 0.283. The van der Waals surface area contributed by atoms with E-state index >= 15 is 0 Å². The molecule has 0 aliphatic carbocycles. The van der Waals surface area contributed by atoms with E-state index < -0.39 is 6.16 Å². The maximum absolute atomic E-state index is 8.56. The van der Waals surface area contributed by atoms with Gasteiger partial charge in [0.25, 0.3) is 0 Å². The Morgan fingerprint density at radius 1 is 1.40 bits per heavy atom. The van der Waals surface area contributed by atoms with Gasteiger partial charge in [-0.3, -0.25) is 0 Å². The van der Waals surface area contributed by atoms with Crippen molar-refractivity contribution in [2.24, 2.45) is 0 Å². The Hall–Kier alpha value is -0.211. The molecule has 0 aromatic rings. The molecule has 0 fully saturated rings. The van der Waals surface area contributed by atoms with Crippen LogP contribution < -0.4 is 0 Å². The minimum atomic E-state index is -1.83. The topological polar surface area (TPSA) is 57.5 Å². The Labute approximate surface area is 39.1 Å². The van der Waals surface area contributed by atoms with Crippen molar-refractivity contribution in [1.82, 2.24) is 0 Å². The summed E-state index contributed by atoms with van der Waals surface area (Å²) in [6.45, 7) is 0. The summed E-state index contributed by atoms with van der Waals surface area (Å²) in [5.41, 5.74) is 0. The third-order valence-corrected chi connectivity index (χ3v) is 0. The van der Waals surface area contributed by atoms with Crippen LogP contribution in [-0.4, -0.2) is 33.4 Å². The third kappa shape index (κ3) is 274. The van der Waals surface area contributed by atoms with E-state index in [0.717, 1.165) is 0 Å². The van der Waals surface area contributed by atoms with Gasteiger partial charge in [-0.2, -0.15) is 0 Å². The normalized spacial score (nSPS) is 4.80. The predicted octanol–water partition coefficient (Wildman–Crippen LogP) is -0.694. The fourth-order valence-electron chi connectivity index (χ4n) is 0. The molecule has 0 unspecified atom stereocenters. The van der Waals surface area contributed by atoms with Crippen LogP contribution in [0.4, 0.5) is 4.79 Å². The summed E-state index contributed by atoms with van der Waals surface area (Å²) in [7, 11) is 0. The number of carboxylic acid groups (broad SMARTS) is 2. The minimum absolute atomic E-state index is 0. The molecule has 0 saturated carbocycles. The van der Waals surface area contributed by atoms with Crippen molar-refractivity contribution >= 4 is 23.2 Å². The summed E-state index contributed by atoms with van der Waals surface area (Å²) in [5.74, 6) is 0. The molecule has 0 aliphatic rings. The molecule has 0 heterocycles. The fourth-order valence-corrected chi connectivity index (χ4v) is 0. The summed E-state index contributed by atoms with van der Waals surface area (Å²) < 4.78 is 0. The summed E-state index contributed by atoms with van der Waals surface area (Å²) in [6, 6.07) is 0. The van der Waals surface area contributed by atoms with Crippen molar-refractivity contribution in [2.75, 3.05) is 0 Å². The van der Waals surface area contributed by atoms with Gasteiger partial charge in [0, 0.05) is 0 Å². The average Bonchev–Trinajstić information content (AvgIpc) is 0.811. The van der Waals surface area contributed by atoms with E-state index in [4.69, 9.17) is 15.0 Å². The SMILES string of the molecule is O=C(O)O.[SeH2]. The fraction of sp³-hybridized carbons (Fsp3) is 0. The van der Waals surface area contributed by atoms with E-state index in [1.54, 1.807) is 0 Å². The molecule has 0 saturated heterocycles. The Morgan fingerprint density at radius 2 is 1.40 bits per heavy atom. The molecular weight excluding hydrogens is 139 g/mol. The summed E-state index contributed by atoms with van der Waals surface area (Å²) in [6.07, 6.45) is -1.83. The first-order valence-electron chi connectivity index (χ1n) is 0.651. The predicted molar refractivity (Wildman–Crippen MR) is 19.2 cm³/mol. The molecule has 3 nitrogen and oxygen atoms in total. The van der Waals surface area contributed by atoms with Crippen LogP contribution in [0.3, 0.4) is 0 Å². The van der Waals surface area contributed by atoms with E-state index in [0.29, 0.717) is 0 Å². The van der Waals surface area contributed by atoms with Crippen molar-refractivity contribution in [3.05, 3.63) is 0 Å². The van der Waals surface area contributed by atoms with Gasteiger partial charge in [-0.05, 0) is 0 Å². The van der Waals surface area contributed by atoms with Gasteiger partial charge in [0.1, 0.15) is 0 Å². The number of rotatable bonds is 0. The second kappa shape index (κ2) is 3.79. The summed E-state index contributed by atoms with van der Waals surface area (Å²) >= 11 is 0. The molecule has 4 heteroatoms. The number of hydrogen-bond donors (Lipinski definition) is 2. The third-order valence-electron chi connectivity index (χ3n) is 0. The second-order valence-electron chi connectivity index (χ2n) is 0.283. The molecule has 5 heavy (non-hydrogen) atoms. The molecule has 0 rings (SSSR count). The van der Waals surface area contributed by atoms with Crippen LogP contribution in [0.2, 0.25) is 0 Å². The first-order chi connectivity index (χ1) is 1.73. The van der Waals surface area contributed by atoms with Crippen LogP contribution in [0.5, 0.6) is 0 Å². The van der Waals surface area contributed by atoms with E-state index in [9.17, 15) is 0 Å². The molecule has 0 atom stereocenters. The molecule has 0 aromatic carbocycles. The van der Waals surface area contributed by atoms with Gasteiger partial charge in [0.05, 0.1) is 0 Å². The van der Waals surface area contributed by atoms with Crippen molar-refractivity contribution in [1.29, 1.82) is 0 Å². The molecule has 32 valence electrons. The molecule has 0 radical (unpaired) electrons. The van der Waals surface area contributed by atoms with Crippen LogP contribution in [0.1, 0.15) is 0 Å². The zero-order valence-corrected chi connectivity index (χ0v) is 4.40. The zero-order chi connectivity index (χ0) is 3.58. The van der Waals surface area contributed by atoms with Crippen LogP contribution in [-0.2, 0) is 0 Å². The van der Waals surface area contributed by atoms with E-state index in [2.05, 4.69) is 0 Å². The van der Waals surface area contributed by atoms with Crippen molar-refractivity contribution < 1.29 is 15.0 Å². The first-order valence-corrected chi connectivity index (χ1v) is 0.651. The van der Waals surface area contributed by atoms with Gasteiger partial charge >= 0.3 is 23.2 Å². The summed E-state index contributed by atoms with van der Waals surface area (Å²) in [5, 5.41) is 13.9. The van der Waals surface area contributed by atoms with Gasteiger partial charge < -0.3 is 10.2 Å². The maximum atomic E-state index is 8.56. The van der Waals surface area contributed by atoms with E-state index in [-0.39, 0.29) is 17.1 Å². The van der Waals surface area contributed by atoms with Gasteiger partial charge in [0.2, 0.25) is 0 Å². The molecule has 0 spiro atoms. The number of hydrogen-bond acceptors (Lipinski definition) is 1. The Balaban J connectivity index is 0.